The van der Waals surface area contributed by atoms with Gasteiger partial charge in [0.1, 0.15) is 0 Å². The van der Waals surface area contributed by atoms with Gasteiger partial charge < -0.3 is 21.3 Å². The van der Waals surface area contributed by atoms with Gasteiger partial charge in [-0.3, -0.25) is 0 Å². The molecule has 10 heavy (non-hydrogen) atoms. The molecule has 0 bridgehead atoms. The summed E-state index contributed by atoms with van der Waals surface area (Å²) in [5.41, 5.74) is 5.28. The van der Waals surface area contributed by atoms with Crippen LogP contribution in [0.1, 0.15) is 6.42 Å². The van der Waals surface area contributed by atoms with Gasteiger partial charge in [0.25, 0.3) is 0 Å². The molecule has 1 aliphatic heterocycles. The molecule has 1 rings (SSSR count). The largest absolute Gasteiger partial charge is 0.389 e. The Labute approximate surface area is 60.0 Å². The summed E-state index contributed by atoms with van der Waals surface area (Å²) >= 11 is 0. The van der Waals surface area contributed by atoms with Crippen LogP contribution >= 0.6 is 0 Å². The van der Waals surface area contributed by atoms with Crippen LogP contribution in [-0.4, -0.2) is 41.6 Å². The second-order valence-corrected chi connectivity index (χ2v) is 2.65. The standard InChI is InChI=1S/C6H14N2O2/c7-2-1-4-6(10)5(9)3-8-4/h4-6,8-10H,1-3,7H2/t4-,5-,6+/m0/s1. The Hall–Kier alpha value is -0.160. The number of aliphatic hydroxyl groups is 2. The Morgan fingerprint density at radius 2 is 2.20 bits per heavy atom. The van der Waals surface area contributed by atoms with E-state index in [9.17, 15) is 5.11 Å². The molecule has 60 valence electrons. The van der Waals surface area contributed by atoms with Gasteiger partial charge in [0.2, 0.25) is 0 Å². The second kappa shape index (κ2) is 3.30. The van der Waals surface area contributed by atoms with Crippen LogP contribution in [0.3, 0.4) is 0 Å². The molecular weight excluding hydrogens is 132 g/mol. The van der Waals surface area contributed by atoms with E-state index in [0.717, 1.165) is 6.42 Å². The third kappa shape index (κ3) is 1.46. The van der Waals surface area contributed by atoms with Crippen molar-refractivity contribution in [3.05, 3.63) is 0 Å². The third-order valence-corrected chi connectivity index (χ3v) is 1.87. The Morgan fingerprint density at radius 3 is 2.60 bits per heavy atom. The molecule has 4 nitrogen and oxygen atoms in total. The maximum absolute atomic E-state index is 9.22. The lowest BCUT2D eigenvalue weighted by molar-refractivity contribution is 0.0397. The minimum Gasteiger partial charge on any atom is -0.389 e. The molecular formula is C6H14N2O2. The number of hydrogen-bond acceptors (Lipinski definition) is 4. The van der Waals surface area contributed by atoms with Crippen molar-refractivity contribution in [1.82, 2.24) is 5.32 Å². The van der Waals surface area contributed by atoms with Gasteiger partial charge in [-0.2, -0.15) is 0 Å². The van der Waals surface area contributed by atoms with Crippen LogP contribution in [0.2, 0.25) is 0 Å². The van der Waals surface area contributed by atoms with Crippen LogP contribution in [0.15, 0.2) is 0 Å². The van der Waals surface area contributed by atoms with E-state index in [4.69, 9.17) is 10.8 Å². The first kappa shape index (κ1) is 7.94. The Bertz CT molecular complexity index is 108. The summed E-state index contributed by atoms with van der Waals surface area (Å²) in [6, 6.07) is -0.0139. The lowest BCUT2D eigenvalue weighted by Crippen LogP contribution is -2.34. The molecule has 0 saturated carbocycles. The SMILES string of the molecule is NCC[C@@H]1NC[C@H](O)[C@@H]1O. The highest BCUT2D eigenvalue weighted by atomic mass is 16.3. The van der Waals surface area contributed by atoms with Crippen LogP contribution in [0, 0.1) is 0 Å². The molecule has 4 heteroatoms. The Kier molecular flexibility index (Phi) is 2.62. The third-order valence-electron chi connectivity index (χ3n) is 1.87. The van der Waals surface area contributed by atoms with E-state index >= 15 is 0 Å². The Balaban J connectivity index is 2.33. The molecule has 0 amide bonds. The van der Waals surface area contributed by atoms with Gasteiger partial charge in [-0.15, -0.1) is 0 Å². The van der Waals surface area contributed by atoms with E-state index in [1.807, 2.05) is 0 Å². The van der Waals surface area contributed by atoms with Crippen molar-refractivity contribution in [3.63, 3.8) is 0 Å². The summed E-state index contributed by atoms with van der Waals surface area (Å²) in [7, 11) is 0. The van der Waals surface area contributed by atoms with Gasteiger partial charge in [0.15, 0.2) is 0 Å². The summed E-state index contributed by atoms with van der Waals surface area (Å²) in [5.74, 6) is 0. The van der Waals surface area contributed by atoms with E-state index < -0.39 is 12.2 Å². The summed E-state index contributed by atoms with van der Waals surface area (Å²) in [6.07, 6.45) is -0.529. The molecule has 3 atom stereocenters. The molecule has 0 aromatic rings. The highest BCUT2D eigenvalue weighted by molar-refractivity contribution is 4.90. The quantitative estimate of drug-likeness (QED) is 0.364. The van der Waals surface area contributed by atoms with Crippen LogP contribution in [-0.2, 0) is 0 Å². The lowest BCUT2D eigenvalue weighted by atomic mass is 10.1. The second-order valence-electron chi connectivity index (χ2n) is 2.65. The maximum atomic E-state index is 9.22. The number of hydrogen-bond donors (Lipinski definition) is 4. The average molecular weight is 146 g/mol. The summed E-state index contributed by atoms with van der Waals surface area (Å²) < 4.78 is 0. The molecule has 0 aromatic heterocycles. The van der Waals surface area contributed by atoms with Crippen LogP contribution in [0.5, 0.6) is 0 Å². The van der Waals surface area contributed by atoms with E-state index in [-0.39, 0.29) is 6.04 Å². The van der Waals surface area contributed by atoms with E-state index in [1.54, 1.807) is 0 Å². The van der Waals surface area contributed by atoms with Crippen molar-refractivity contribution < 1.29 is 10.2 Å². The zero-order valence-corrected chi connectivity index (χ0v) is 5.83. The monoisotopic (exact) mass is 146 g/mol. The minimum absolute atomic E-state index is 0.0139. The Morgan fingerprint density at radius 1 is 1.50 bits per heavy atom. The molecule has 0 aromatic carbocycles. The molecule has 1 saturated heterocycles. The van der Waals surface area contributed by atoms with Crippen molar-refractivity contribution in [2.45, 2.75) is 24.7 Å². The van der Waals surface area contributed by atoms with Crippen LogP contribution in [0.25, 0.3) is 0 Å². The highest BCUT2D eigenvalue weighted by Gasteiger charge is 2.31. The zero-order chi connectivity index (χ0) is 7.56. The van der Waals surface area contributed by atoms with E-state index in [2.05, 4.69) is 5.32 Å². The van der Waals surface area contributed by atoms with Crippen LogP contribution in [0.4, 0.5) is 0 Å². The predicted octanol–water partition coefficient (Wildman–Crippen LogP) is -1.97. The molecule has 0 unspecified atom stereocenters. The molecule has 0 aliphatic carbocycles. The van der Waals surface area contributed by atoms with Gasteiger partial charge in [-0.05, 0) is 13.0 Å². The van der Waals surface area contributed by atoms with Gasteiger partial charge >= 0.3 is 0 Å². The molecule has 1 heterocycles. The van der Waals surface area contributed by atoms with Gasteiger partial charge in [-0.25, -0.2) is 0 Å². The number of rotatable bonds is 2. The first-order valence-corrected chi connectivity index (χ1v) is 3.55. The molecule has 0 radical (unpaired) electrons. The molecule has 0 spiro atoms. The highest BCUT2D eigenvalue weighted by Crippen LogP contribution is 2.09. The van der Waals surface area contributed by atoms with E-state index in [0.29, 0.717) is 13.1 Å². The fourth-order valence-corrected chi connectivity index (χ4v) is 1.23. The van der Waals surface area contributed by atoms with Crippen molar-refractivity contribution in [2.24, 2.45) is 5.73 Å². The lowest BCUT2D eigenvalue weighted by Gasteiger charge is -2.13. The van der Waals surface area contributed by atoms with Crippen molar-refractivity contribution in [3.8, 4) is 0 Å². The first-order chi connectivity index (χ1) is 4.75. The van der Waals surface area contributed by atoms with Gasteiger partial charge in [-0.1, -0.05) is 0 Å². The predicted molar refractivity (Wildman–Crippen MR) is 37.5 cm³/mol. The first-order valence-electron chi connectivity index (χ1n) is 3.55. The smallest absolute Gasteiger partial charge is 0.0964 e. The molecule has 1 fully saturated rings. The maximum Gasteiger partial charge on any atom is 0.0964 e. The topological polar surface area (TPSA) is 78.5 Å². The van der Waals surface area contributed by atoms with Crippen LogP contribution < -0.4 is 11.1 Å². The fourth-order valence-electron chi connectivity index (χ4n) is 1.23. The zero-order valence-electron chi connectivity index (χ0n) is 5.83. The average Bonchev–Trinajstić information content (AvgIpc) is 2.20. The van der Waals surface area contributed by atoms with Gasteiger partial charge in [0, 0.05) is 12.6 Å². The molecule has 1 aliphatic rings. The minimum atomic E-state index is -0.636. The van der Waals surface area contributed by atoms with E-state index in [1.165, 1.54) is 0 Å². The number of nitrogens with two attached hydrogens (primary N) is 1. The normalized spacial score (nSPS) is 40.5. The summed E-state index contributed by atoms with van der Waals surface area (Å²) in [6.45, 7) is 1.02. The number of β-amino-alcohol motifs (C(OH)–C–C–N with tert-alkyl or cyclic N) is 1. The van der Waals surface area contributed by atoms with Crippen molar-refractivity contribution in [2.75, 3.05) is 13.1 Å². The number of aliphatic hydroxyl groups excluding tert-OH is 2. The summed E-state index contributed by atoms with van der Waals surface area (Å²) in [5, 5.41) is 21.2. The van der Waals surface area contributed by atoms with Crippen molar-refractivity contribution in [1.29, 1.82) is 0 Å². The van der Waals surface area contributed by atoms with Gasteiger partial charge in [0.05, 0.1) is 12.2 Å². The fraction of sp³-hybridized carbons (Fsp3) is 1.00. The number of nitrogens with one attached hydrogen (secondary N) is 1. The van der Waals surface area contributed by atoms with Crippen molar-refractivity contribution >= 4 is 0 Å². The summed E-state index contributed by atoms with van der Waals surface area (Å²) in [4.78, 5) is 0. The molecule has 5 N–H and O–H groups in total.